The smallest absolute Gasteiger partial charge is 0.338 e. The van der Waals surface area contributed by atoms with Crippen molar-refractivity contribution in [2.24, 2.45) is 0 Å². The highest BCUT2D eigenvalue weighted by Gasteiger charge is 2.16. The molecule has 0 fully saturated rings. The number of thiophene rings is 1. The molecule has 1 amide bonds. The molecule has 7 nitrogen and oxygen atoms in total. The van der Waals surface area contributed by atoms with E-state index in [0.717, 1.165) is 16.9 Å². The first-order valence-corrected chi connectivity index (χ1v) is 11.4. The molecule has 1 aromatic heterocycles. The van der Waals surface area contributed by atoms with Crippen molar-refractivity contribution in [3.63, 3.8) is 0 Å². The number of ether oxygens (including phenoxy) is 1. The highest BCUT2D eigenvalue weighted by atomic mass is 32.2. The summed E-state index contributed by atoms with van der Waals surface area (Å²) in [5, 5.41) is 4.45. The van der Waals surface area contributed by atoms with E-state index in [1.807, 2.05) is 6.92 Å². The predicted octanol–water partition coefficient (Wildman–Crippen LogP) is 4.29. The molecular weight excluding hydrogens is 424 g/mol. The molecule has 0 radical (unpaired) electrons. The lowest BCUT2D eigenvalue weighted by Crippen LogP contribution is -2.15. The Balaban J connectivity index is 1.72. The third-order valence-corrected chi connectivity index (χ3v) is 6.93. The largest absolute Gasteiger partial charge is 0.462 e. The molecule has 3 aromatic rings. The van der Waals surface area contributed by atoms with Gasteiger partial charge in [-0.15, -0.1) is 11.3 Å². The van der Waals surface area contributed by atoms with Gasteiger partial charge in [0.2, 0.25) is 0 Å². The lowest BCUT2D eigenvalue weighted by molar-refractivity contribution is 0.0526. The van der Waals surface area contributed by atoms with Gasteiger partial charge in [-0.2, -0.15) is 0 Å². The second-order valence-electron chi connectivity index (χ2n) is 6.32. The SMILES string of the molecule is CCOC(=O)c1ccc(C)c(NC(=O)c2ccc(NS(=O)(=O)c3cccs3)cc2)c1. The maximum Gasteiger partial charge on any atom is 0.338 e. The lowest BCUT2D eigenvalue weighted by atomic mass is 10.1. The zero-order chi connectivity index (χ0) is 21.7. The van der Waals surface area contributed by atoms with Crippen LogP contribution in [-0.2, 0) is 14.8 Å². The molecule has 1 heterocycles. The fraction of sp³-hybridized carbons (Fsp3) is 0.143. The van der Waals surface area contributed by atoms with Gasteiger partial charge >= 0.3 is 5.97 Å². The standard InChI is InChI=1S/C21H20N2O5S2/c1-3-28-21(25)16-7-6-14(2)18(13-16)22-20(24)15-8-10-17(11-9-15)23-30(26,27)19-5-4-12-29-19/h4-13,23H,3H2,1-2H3,(H,22,24). The third kappa shape index (κ3) is 5.05. The molecule has 0 aliphatic heterocycles. The minimum atomic E-state index is -3.65. The van der Waals surface area contributed by atoms with E-state index in [0.29, 0.717) is 22.5 Å². The van der Waals surface area contributed by atoms with Crippen LogP contribution >= 0.6 is 11.3 Å². The van der Waals surface area contributed by atoms with Crippen molar-refractivity contribution in [2.45, 2.75) is 18.1 Å². The van der Waals surface area contributed by atoms with Gasteiger partial charge in [-0.3, -0.25) is 9.52 Å². The fourth-order valence-corrected chi connectivity index (χ4v) is 4.66. The predicted molar refractivity (Wildman–Crippen MR) is 117 cm³/mol. The number of esters is 1. The molecule has 2 N–H and O–H groups in total. The van der Waals surface area contributed by atoms with E-state index in [1.165, 1.54) is 30.3 Å². The molecule has 0 aliphatic rings. The summed E-state index contributed by atoms with van der Waals surface area (Å²) in [6, 6.07) is 14.2. The first kappa shape index (κ1) is 21.5. The van der Waals surface area contributed by atoms with E-state index in [2.05, 4.69) is 10.0 Å². The van der Waals surface area contributed by atoms with Gasteiger partial charge in [0.25, 0.3) is 15.9 Å². The molecule has 0 unspecified atom stereocenters. The number of benzene rings is 2. The van der Waals surface area contributed by atoms with Crippen LogP contribution in [0, 0.1) is 6.92 Å². The van der Waals surface area contributed by atoms with Gasteiger partial charge in [0.15, 0.2) is 0 Å². The second-order valence-corrected chi connectivity index (χ2v) is 9.18. The normalized spacial score (nSPS) is 11.0. The Morgan fingerprint density at radius 2 is 1.73 bits per heavy atom. The van der Waals surface area contributed by atoms with Crippen molar-refractivity contribution < 1.29 is 22.7 Å². The van der Waals surface area contributed by atoms with Crippen LogP contribution in [0.1, 0.15) is 33.2 Å². The molecular formula is C21H20N2O5S2. The van der Waals surface area contributed by atoms with E-state index >= 15 is 0 Å². The molecule has 3 rings (SSSR count). The van der Waals surface area contributed by atoms with Crippen molar-refractivity contribution in [3.05, 3.63) is 76.7 Å². The molecule has 0 spiro atoms. The number of carbonyl (C=O) groups is 2. The van der Waals surface area contributed by atoms with Crippen LogP contribution in [0.15, 0.2) is 64.2 Å². The van der Waals surface area contributed by atoms with Gasteiger partial charge in [-0.1, -0.05) is 12.1 Å². The molecule has 0 bridgehead atoms. The summed E-state index contributed by atoms with van der Waals surface area (Å²) < 4.78 is 32.2. The minimum absolute atomic E-state index is 0.210. The number of rotatable bonds is 7. The van der Waals surface area contributed by atoms with Gasteiger partial charge in [-0.25, -0.2) is 13.2 Å². The Labute approximate surface area is 178 Å². The molecule has 0 saturated heterocycles. The fourth-order valence-electron chi connectivity index (χ4n) is 2.60. The Morgan fingerprint density at radius 1 is 1.03 bits per heavy atom. The van der Waals surface area contributed by atoms with Crippen LogP contribution in [0.5, 0.6) is 0 Å². The zero-order valence-corrected chi connectivity index (χ0v) is 18.0. The summed E-state index contributed by atoms with van der Waals surface area (Å²) in [7, 11) is -3.65. The quantitative estimate of drug-likeness (QED) is 0.530. The number of anilines is 2. The summed E-state index contributed by atoms with van der Waals surface area (Å²) >= 11 is 1.12. The Bertz CT molecular complexity index is 1150. The van der Waals surface area contributed by atoms with Crippen LogP contribution in [-0.4, -0.2) is 26.9 Å². The molecule has 30 heavy (non-hydrogen) atoms. The van der Waals surface area contributed by atoms with Gasteiger partial charge in [0.1, 0.15) is 4.21 Å². The number of amides is 1. The van der Waals surface area contributed by atoms with Crippen LogP contribution < -0.4 is 10.0 Å². The van der Waals surface area contributed by atoms with Crippen LogP contribution in [0.3, 0.4) is 0 Å². The summed E-state index contributed by atoms with van der Waals surface area (Å²) in [5.41, 5.74) is 2.32. The summed E-state index contributed by atoms with van der Waals surface area (Å²) in [6.45, 7) is 3.79. The van der Waals surface area contributed by atoms with Gasteiger partial charge < -0.3 is 10.1 Å². The molecule has 0 aliphatic carbocycles. The summed E-state index contributed by atoms with van der Waals surface area (Å²) in [6.07, 6.45) is 0. The maximum absolute atomic E-state index is 12.6. The Morgan fingerprint density at radius 3 is 2.37 bits per heavy atom. The van der Waals surface area contributed by atoms with Crippen LogP contribution in [0.2, 0.25) is 0 Å². The topological polar surface area (TPSA) is 102 Å². The van der Waals surface area contributed by atoms with Crippen molar-refractivity contribution in [1.82, 2.24) is 0 Å². The van der Waals surface area contributed by atoms with Crippen molar-refractivity contribution in [1.29, 1.82) is 0 Å². The first-order chi connectivity index (χ1) is 14.3. The number of nitrogens with one attached hydrogen (secondary N) is 2. The van der Waals surface area contributed by atoms with Crippen LogP contribution in [0.4, 0.5) is 11.4 Å². The van der Waals surface area contributed by atoms with E-state index < -0.39 is 16.0 Å². The number of aryl methyl sites for hydroxylation is 1. The van der Waals surface area contributed by atoms with Crippen LogP contribution in [0.25, 0.3) is 0 Å². The third-order valence-electron chi connectivity index (χ3n) is 4.16. The van der Waals surface area contributed by atoms with Crippen molar-refractivity contribution in [3.8, 4) is 0 Å². The van der Waals surface area contributed by atoms with E-state index in [-0.39, 0.29) is 16.7 Å². The highest BCUT2D eigenvalue weighted by Crippen LogP contribution is 2.22. The maximum atomic E-state index is 12.6. The number of carbonyl (C=O) groups excluding carboxylic acids is 2. The summed E-state index contributed by atoms with van der Waals surface area (Å²) in [4.78, 5) is 24.5. The molecule has 0 saturated carbocycles. The van der Waals surface area contributed by atoms with Crippen molar-refractivity contribution in [2.75, 3.05) is 16.6 Å². The average molecular weight is 445 g/mol. The lowest BCUT2D eigenvalue weighted by Gasteiger charge is -2.11. The number of sulfonamides is 1. The zero-order valence-electron chi connectivity index (χ0n) is 16.3. The summed E-state index contributed by atoms with van der Waals surface area (Å²) in [5.74, 6) is -0.845. The van der Waals surface area contributed by atoms with E-state index in [9.17, 15) is 18.0 Å². The number of hydrogen-bond acceptors (Lipinski definition) is 6. The Hall–Kier alpha value is -3.17. The first-order valence-electron chi connectivity index (χ1n) is 9.05. The molecule has 9 heteroatoms. The molecule has 2 aromatic carbocycles. The number of hydrogen-bond donors (Lipinski definition) is 2. The monoisotopic (exact) mass is 444 g/mol. The molecule has 156 valence electrons. The Kier molecular flexibility index (Phi) is 6.53. The second kappa shape index (κ2) is 9.10. The van der Waals surface area contributed by atoms with Gasteiger partial charge in [0.05, 0.1) is 12.2 Å². The van der Waals surface area contributed by atoms with Gasteiger partial charge in [0, 0.05) is 16.9 Å². The highest BCUT2D eigenvalue weighted by molar-refractivity contribution is 7.94. The van der Waals surface area contributed by atoms with E-state index in [1.54, 1.807) is 36.6 Å². The average Bonchev–Trinajstić information content (AvgIpc) is 3.26. The molecule has 0 atom stereocenters. The van der Waals surface area contributed by atoms with Crippen molar-refractivity contribution >= 4 is 44.6 Å². The van der Waals surface area contributed by atoms with E-state index in [4.69, 9.17) is 4.74 Å². The minimum Gasteiger partial charge on any atom is -0.462 e. The van der Waals surface area contributed by atoms with Gasteiger partial charge in [-0.05, 0) is 67.3 Å².